The molecule has 2 unspecified atom stereocenters. The van der Waals surface area contributed by atoms with Crippen LogP contribution >= 0.6 is 0 Å². The van der Waals surface area contributed by atoms with Crippen molar-refractivity contribution in [3.8, 4) is 11.5 Å². The van der Waals surface area contributed by atoms with Crippen molar-refractivity contribution >= 4 is 11.6 Å². The summed E-state index contributed by atoms with van der Waals surface area (Å²) in [7, 11) is 1.48. The van der Waals surface area contributed by atoms with Gasteiger partial charge in [0.15, 0.2) is 11.5 Å². The first-order valence-corrected chi connectivity index (χ1v) is 6.53. The van der Waals surface area contributed by atoms with Crippen LogP contribution in [-0.4, -0.2) is 24.7 Å². The second-order valence-corrected chi connectivity index (χ2v) is 4.91. The summed E-state index contributed by atoms with van der Waals surface area (Å²) in [5.74, 6) is 0.638. The summed E-state index contributed by atoms with van der Waals surface area (Å²) in [6.07, 6.45) is 2.95. The average molecular weight is 264 g/mol. The molecular weight excluding hydrogens is 244 g/mol. The standard InChI is InChI=1S/C14H20N2O3/c1-19-13-6-5-10(7-12(13)17)16-14(18)11-4-2-3-9(11)8-15/h5-7,9,11,17H,2-4,8,15H2,1H3,(H,16,18). The number of ether oxygens (including phenoxy) is 1. The lowest BCUT2D eigenvalue weighted by molar-refractivity contribution is -0.120. The lowest BCUT2D eigenvalue weighted by Gasteiger charge is -2.17. The van der Waals surface area contributed by atoms with Gasteiger partial charge < -0.3 is 20.9 Å². The molecule has 104 valence electrons. The Morgan fingerprint density at radius 3 is 2.95 bits per heavy atom. The number of nitrogens with one attached hydrogen (secondary N) is 1. The van der Waals surface area contributed by atoms with E-state index in [0.717, 1.165) is 19.3 Å². The summed E-state index contributed by atoms with van der Waals surface area (Å²) >= 11 is 0. The number of methoxy groups -OCH3 is 1. The molecule has 0 saturated heterocycles. The first-order chi connectivity index (χ1) is 9.15. The number of aromatic hydroxyl groups is 1. The maximum atomic E-state index is 12.2. The molecule has 0 bridgehead atoms. The highest BCUT2D eigenvalue weighted by molar-refractivity contribution is 5.93. The van der Waals surface area contributed by atoms with Crippen LogP contribution in [0.2, 0.25) is 0 Å². The van der Waals surface area contributed by atoms with Crippen molar-refractivity contribution in [2.45, 2.75) is 19.3 Å². The van der Waals surface area contributed by atoms with E-state index in [4.69, 9.17) is 10.5 Å². The van der Waals surface area contributed by atoms with Crippen molar-refractivity contribution in [1.29, 1.82) is 0 Å². The smallest absolute Gasteiger partial charge is 0.227 e. The maximum Gasteiger partial charge on any atom is 0.227 e. The minimum absolute atomic E-state index is 0.0158. The average Bonchev–Trinajstić information content (AvgIpc) is 2.87. The van der Waals surface area contributed by atoms with E-state index in [2.05, 4.69) is 5.32 Å². The number of phenols is 1. The van der Waals surface area contributed by atoms with Gasteiger partial charge in [0.1, 0.15) is 0 Å². The van der Waals surface area contributed by atoms with Crippen LogP contribution in [0.5, 0.6) is 11.5 Å². The number of carbonyl (C=O) groups excluding carboxylic acids is 1. The highest BCUT2D eigenvalue weighted by Crippen LogP contribution is 2.33. The van der Waals surface area contributed by atoms with E-state index < -0.39 is 0 Å². The Morgan fingerprint density at radius 2 is 2.32 bits per heavy atom. The van der Waals surface area contributed by atoms with Crippen molar-refractivity contribution in [1.82, 2.24) is 0 Å². The molecule has 1 amide bonds. The van der Waals surface area contributed by atoms with Gasteiger partial charge in [0, 0.05) is 17.7 Å². The number of phenolic OH excluding ortho intramolecular Hbond substituents is 1. The molecule has 5 heteroatoms. The number of hydrogen-bond donors (Lipinski definition) is 3. The van der Waals surface area contributed by atoms with Crippen molar-refractivity contribution in [3.63, 3.8) is 0 Å². The molecule has 0 aromatic heterocycles. The van der Waals surface area contributed by atoms with Gasteiger partial charge in [-0.2, -0.15) is 0 Å². The number of benzene rings is 1. The molecule has 2 atom stereocenters. The van der Waals surface area contributed by atoms with Gasteiger partial charge in [-0.25, -0.2) is 0 Å². The maximum absolute atomic E-state index is 12.2. The van der Waals surface area contributed by atoms with Gasteiger partial charge >= 0.3 is 0 Å². The molecule has 0 spiro atoms. The molecule has 5 nitrogen and oxygen atoms in total. The quantitative estimate of drug-likeness (QED) is 0.773. The van der Waals surface area contributed by atoms with E-state index in [9.17, 15) is 9.90 Å². The van der Waals surface area contributed by atoms with Crippen LogP contribution in [-0.2, 0) is 4.79 Å². The van der Waals surface area contributed by atoms with E-state index in [-0.39, 0.29) is 23.5 Å². The lowest BCUT2D eigenvalue weighted by atomic mass is 9.95. The van der Waals surface area contributed by atoms with Crippen LogP contribution in [0.25, 0.3) is 0 Å². The third-order valence-corrected chi connectivity index (χ3v) is 3.74. The summed E-state index contributed by atoms with van der Waals surface area (Å²) in [6, 6.07) is 4.83. The molecule has 19 heavy (non-hydrogen) atoms. The van der Waals surface area contributed by atoms with Crippen molar-refractivity contribution in [3.05, 3.63) is 18.2 Å². The van der Waals surface area contributed by atoms with Gasteiger partial charge in [-0.1, -0.05) is 6.42 Å². The molecule has 0 radical (unpaired) electrons. The molecule has 1 aromatic carbocycles. The topological polar surface area (TPSA) is 84.6 Å². The van der Waals surface area contributed by atoms with Crippen molar-refractivity contribution < 1.29 is 14.6 Å². The SMILES string of the molecule is COc1ccc(NC(=O)C2CCCC2CN)cc1O. The van der Waals surface area contributed by atoms with E-state index in [1.807, 2.05) is 0 Å². The van der Waals surface area contributed by atoms with Gasteiger partial charge in [-0.15, -0.1) is 0 Å². The number of nitrogens with two attached hydrogens (primary N) is 1. The Kier molecular flexibility index (Phi) is 4.27. The van der Waals surface area contributed by atoms with Crippen LogP contribution in [0.1, 0.15) is 19.3 Å². The zero-order valence-corrected chi connectivity index (χ0v) is 11.1. The minimum atomic E-state index is -0.0192. The first-order valence-electron chi connectivity index (χ1n) is 6.53. The van der Waals surface area contributed by atoms with E-state index in [0.29, 0.717) is 18.0 Å². The third kappa shape index (κ3) is 2.98. The zero-order valence-electron chi connectivity index (χ0n) is 11.1. The molecule has 2 rings (SSSR count). The Morgan fingerprint density at radius 1 is 1.53 bits per heavy atom. The Hall–Kier alpha value is -1.75. The fraction of sp³-hybridized carbons (Fsp3) is 0.500. The van der Waals surface area contributed by atoms with Crippen LogP contribution in [0.3, 0.4) is 0 Å². The lowest BCUT2D eigenvalue weighted by Crippen LogP contribution is -2.29. The Balaban J connectivity index is 2.04. The number of rotatable bonds is 4. The fourth-order valence-corrected chi connectivity index (χ4v) is 2.67. The summed E-state index contributed by atoms with van der Waals surface area (Å²) in [4.78, 5) is 12.2. The Labute approximate surface area is 112 Å². The highest BCUT2D eigenvalue weighted by Gasteiger charge is 2.31. The molecular formula is C14H20N2O3. The number of carbonyl (C=O) groups is 1. The van der Waals surface area contributed by atoms with E-state index in [1.165, 1.54) is 13.2 Å². The normalized spacial score (nSPS) is 22.2. The Bertz CT molecular complexity index is 462. The fourth-order valence-electron chi connectivity index (χ4n) is 2.67. The second kappa shape index (κ2) is 5.93. The van der Waals surface area contributed by atoms with Crippen LogP contribution in [0.15, 0.2) is 18.2 Å². The molecule has 0 heterocycles. The monoisotopic (exact) mass is 264 g/mol. The molecule has 1 fully saturated rings. The van der Waals surface area contributed by atoms with Gasteiger partial charge in [0.25, 0.3) is 0 Å². The molecule has 1 aliphatic carbocycles. The van der Waals surface area contributed by atoms with Gasteiger partial charge in [-0.3, -0.25) is 4.79 Å². The summed E-state index contributed by atoms with van der Waals surface area (Å²) in [5, 5.41) is 12.5. The van der Waals surface area contributed by atoms with Crippen LogP contribution in [0, 0.1) is 11.8 Å². The summed E-state index contributed by atoms with van der Waals surface area (Å²) < 4.78 is 4.96. The highest BCUT2D eigenvalue weighted by atomic mass is 16.5. The van der Waals surface area contributed by atoms with Gasteiger partial charge in [0.2, 0.25) is 5.91 Å². The van der Waals surface area contributed by atoms with E-state index >= 15 is 0 Å². The molecule has 1 saturated carbocycles. The molecule has 1 aliphatic rings. The molecule has 0 aliphatic heterocycles. The van der Waals surface area contributed by atoms with Crippen molar-refractivity contribution in [2.75, 3.05) is 19.0 Å². The minimum Gasteiger partial charge on any atom is -0.504 e. The van der Waals surface area contributed by atoms with Gasteiger partial charge in [-0.05, 0) is 37.4 Å². The number of anilines is 1. The predicted octanol–water partition coefficient (Wildman–Crippen LogP) is 1.71. The largest absolute Gasteiger partial charge is 0.504 e. The van der Waals surface area contributed by atoms with E-state index in [1.54, 1.807) is 12.1 Å². The third-order valence-electron chi connectivity index (χ3n) is 3.74. The summed E-state index contributed by atoms with van der Waals surface area (Å²) in [5.41, 5.74) is 6.26. The van der Waals surface area contributed by atoms with Crippen LogP contribution in [0.4, 0.5) is 5.69 Å². The molecule has 1 aromatic rings. The first kappa shape index (κ1) is 13.7. The zero-order chi connectivity index (χ0) is 13.8. The van der Waals surface area contributed by atoms with Gasteiger partial charge in [0.05, 0.1) is 7.11 Å². The number of hydrogen-bond acceptors (Lipinski definition) is 4. The summed E-state index contributed by atoms with van der Waals surface area (Å²) in [6.45, 7) is 0.548. The molecule has 4 N–H and O–H groups in total. The predicted molar refractivity (Wildman–Crippen MR) is 73.2 cm³/mol. The second-order valence-electron chi connectivity index (χ2n) is 4.91. The number of amides is 1. The van der Waals surface area contributed by atoms with Crippen LogP contribution < -0.4 is 15.8 Å². The van der Waals surface area contributed by atoms with Crippen molar-refractivity contribution in [2.24, 2.45) is 17.6 Å².